The number of halogens is 1. The smallest absolute Gasteiger partial charge is 0.264 e. The van der Waals surface area contributed by atoms with Gasteiger partial charge in [-0.1, -0.05) is 50.1 Å². The van der Waals surface area contributed by atoms with Gasteiger partial charge in [-0.25, -0.2) is 13.1 Å². The molecule has 2 heterocycles. The summed E-state index contributed by atoms with van der Waals surface area (Å²) >= 11 is 6.43. The topological polar surface area (TPSA) is 84.9 Å². The Labute approximate surface area is 273 Å². The number of ether oxygens (including phenoxy) is 2. The van der Waals surface area contributed by atoms with Gasteiger partial charge < -0.3 is 14.4 Å². The van der Waals surface area contributed by atoms with Crippen LogP contribution in [0.25, 0.3) is 0 Å². The van der Waals surface area contributed by atoms with Crippen LogP contribution in [0.5, 0.6) is 5.75 Å². The van der Waals surface area contributed by atoms with E-state index in [1.165, 1.54) is 11.1 Å². The number of carbonyl (C=O) groups excluding carboxylic acids is 1. The van der Waals surface area contributed by atoms with E-state index >= 15 is 0 Å². The van der Waals surface area contributed by atoms with E-state index in [2.05, 4.69) is 40.8 Å². The van der Waals surface area contributed by atoms with E-state index in [1.807, 2.05) is 25.1 Å². The SMILES string of the molecule is CCCCO[C@H]1/C=C\C[C@H](C)[C@@H](C)S(=O)(=O)NC(=O)c2ccc3c(c2)N(C[C@@H]2CC[C@H]21)C[C@@]1(CCCc2cc(Cl)ccc21)CO3. The van der Waals surface area contributed by atoms with Crippen molar-refractivity contribution in [2.45, 2.75) is 88.9 Å². The Morgan fingerprint density at radius 1 is 1.16 bits per heavy atom. The number of anilines is 1. The molecule has 0 aromatic heterocycles. The fourth-order valence-corrected chi connectivity index (χ4v) is 9.16. The second-order valence-electron chi connectivity index (χ2n) is 13.8. The Kier molecular flexibility index (Phi) is 9.56. The minimum Gasteiger partial charge on any atom is -0.490 e. The molecule has 1 saturated carbocycles. The van der Waals surface area contributed by atoms with Crippen molar-refractivity contribution < 1.29 is 22.7 Å². The molecule has 6 atom stereocenters. The number of amides is 1. The molecule has 2 aliphatic heterocycles. The zero-order valence-corrected chi connectivity index (χ0v) is 28.3. The van der Waals surface area contributed by atoms with Gasteiger partial charge in [0.15, 0.2) is 0 Å². The fourth-order valence-electron chi connectivity index (χ4n) is 7.68. The number of carbonyl (C=O) groups is 1. The van der Waals surface area contributed by atoms with Crippen LogP contribution in [0.1, 0.15) is 87.2 Å². The minimum absolute atomic E-state index is 0.0115. The molecule has 1 spiro atoms. The summed E-state index contributed by atoms with van der Waals surface area (Å²) in [5.74, 6) is 0.729. The molecular weight excluding hydrogens is 608 g/mol. The van der Waals surface area contributed by atoms with Crippen molar-refractivity contribution in [1.29, 1.82) is 0 Å². The molecule has 1 N–H and O–H groups in total. The van der Waals surface area contributed by atoms with Crippen LogP contribution in [0.2, 0.25) is 5.02 Å². The number of hydrogen-bond donors (Lipinski definition) is 1. The summed E-state index contributed by atoms with van der Waals surface area (Å²) in [6.45, 7) is 8.57. The number of hydrogen-bond acceptors (Lipinski definition) is 6. The van der Waals surface area contributed by atoms with Crippen LogP contribution in [0, 0.1) is 17.8 Å². The zero-order chi connectivity index (χ0) is 31.8. The normalized spacial score (nSPS) is 31.9. The second kappa shape index (κ2) is 13.3. The molecule has 1 amide bonds. The number of sulfonamides is 1. The Hall–Kier alpha value is -2.55. The number of unbranched alkanes of at least 4 members (excludes halogenated alkanes) is 1. The van der Waals surface area contributed by atoms with Gasteiger partial charge in [0, 0.05) is 35.7 Å². The van der Waals surface area contributed by atoms with E-state index in [1.54, 1.807) is 13.0 Å². The standard InChI is InChI=1S/C36H47ClN2O5S/c1-4-5-18-43-33-10-6-8-24(2)25(3)45(41,42)38-35(40)27-12-16-34-32(20-27)39(21-28-11-14-30(28)33)22-36(23-44-34)17-7-9-26-19-29(37)13-15-31(26)36/h6,10,12-13,15-16,19-20,24-25,28,30,33H,4-5,7-9,11,14,17-18,21-23H2,1-3H3,(H,38,40)/b10-6-/t24-,25+,28-,30+,33-,36-/m0/s1. The van der Waals surface area contributed by atoms with Crippen molar-refractivity contribution in [2.24, 2.45) is 17.8 Å². The Morgan fingerprint density at radius 2 is 2.00 bits per heavy atom. The zero-order valence-electron chi connectivity index (χ0n) is 26.8. The maximum atomic E-state index is 13.4. The number of benzene rings is 2. The third-order valence-corrected chi connectivity index (χ3v) is 13.0. The minimum atomic E-state index is -3.90. The molecule has 2 aromatic carbocycles. The molecule has 0 radical (unpaired) electrons. The Morgan fingerprint density at radius 3 is 2.78 bits per heavy atom. The van der Waals surface area contributed by atoms with E-state index in [-0.39, 0.29) is 17.4 Å². The van der Waals surface area contributed by atoms with Crippen molar-refractivity contribution in [2.75, 3.05) is 31.2 Å². The molecule has 45 heavy (non-hydrogen) atoms. The first-order valence-electron chi connectivity index (χ1n) is 16.7. The van der Waals surface area contributed by atoms with Crippen LogP contribution in [0.3, 0.4) is 0 Å². The average molecular weight is 655 g/mol. The molecule has 0 unspecified atom stereocenters. The molecule has 6 rings (SSSR count). The number of allylic oxidation sites excluding steroid dienone is 1. The molecule has 4 aliphatic rings. The third-order valence-electron chi connectivity index (χ3n) is 10.8. The average Bonchev–Trinajstić information content (AvgIpc) is 3.15. The third kappa shape index (κ3) is 6.66. The summed E-state index contributed by atoms with van der Waals surface area (Å²) < 4.78 is 42.1. The number of nitrogens with zero attached hydrogens (tertiary/aromatic N) is 1. The highest BCUT2D eigenvalue weighted by Crippen LogP contribution is 2.47. The van der Waals surface area contributed by atoms with E-state index in [9.17, 15) is 13.2 Å². The van der Waals surface area contributed by atoms with Gasteiger partial charge in [0.05, 0.1) is 23.6 Å². The number of rotatable bonds is 4. The Balaban J connectivity index is 1.41. The van der Waals surface area contributed by atoms with Gasteiger partial charge in [-0.3, -0.25) is 4.79 Å². The predicted octanol–water partition coefficient (Wildman–Crippen LogP) is 7.07. The van der Waals surface area contributed by atoms with Gasteiger partial charge in [0.2, 0.25) is 10.0 Å². The molecule has 9 heteroatoms. The fraction of sp³-hybridized carbons (Fsp3) is 0.583. The molecule has 2 aliphatic carbocycles. The quantitative estimate of drug-likeness (QED) is 0.281. The molecule has 7 nitrogen and oxygen atoms in total. The van der Waals surface area contributed by atoms with Crippen LogP contribution < -0.4 is 14.4 Å². The number of nitrogens with one attached hydrogen (secondary N) is 1. The summed E-state index contributed by atoms with van der Waals surface area (Å²) in [7, 11) is -3.90. The highest BCUT2D eigenvalue weighted by atomic mass is 35.5. The van der Waals surface area contributed by atoms with Crippen LogP contribution in [-0.2, 0) is 26.6 Å². The first-order valence-corrected chi connectivity index (χ1v) is 18.7. The van der Waals surface area contributed by atoms with Crippen LogP contribution in [0.4, 0.5) is 5.69 Å². The summed E-state index contributed by atoms with van der Waals surface area (Å²) in [5.41, 5.74) is 3.50. The van der Waals surface area contributed by atoms with E-state index in [0.29, 0.717) is 37.0 Å². The summed E-state index contributed by atoms with van der Waals surface area (Å²) in [5, 5.41) is 0.0118. The van der Waals surface area contributed by atoms with Crippen LogP contribution in [0.15, 0.2) is 48.6 Å². The lowest BCUT2D eigenvalue weighted by atomic mass is 9.68. The number of aryl methyl sites for hydroxylation is 1. The predicted molar refractivity (Wildman–Crippen MR) is 180 cm³/mol. The van der Waals surface area contributed by atoms with Crippen molar-refractivity contribution in [3.63, 3.8) is 0 Å². The second-order valence-corrected chi connectivity index (χ2v) is 16.3. The van der Waals surface area contributed by atoms with Crippen LogP contribution in [-0.4, -0.2) is 52.0 Å². The van der Waals surface area contributed by atoms with Gasteiger partial charge in [-0.2, -0.15) is 0 Å². The largest absolute Gasteiger partial charge is 0.490 e. The summed E-state index contributed by atoms with van der Waals surface area (Å²) in [6.07, 6.45) is 12.2. The van der Waals surface area contributed by atoms with Crippen molar-refractivity contribution in [3.8, 4) is 5.75 Å². The van der Waals surface area contributed by atoms with Crippen molar-refractivity contribution in [1.82, 2.24) is 4.72 Å². The first kappa shape index (κ1) is 32.4. The van der Waals surface area contributed by atoms with Crippen molar-refractivity contribution >= 4 is 33.2 Å². The maximum Gasteiger partial charge on any atom is 0.264 e. The van der Waals surface area contributed by atoms with Gasteiger partial charge in [-0.15, -0.1) is 0 Å². The van der Waals surface area contributed by atoms with Crippen LogP contribution >= 0.6 is 11.6 Å². The molecule has 0 saturated heterocycles. The van der Waals surface area contributed by atoms with E-state index in [0.717, 1.165) is 74.5 Å². The van der Waals surface area contributed by atoms with Gasteiger partial charge in [0.1, 0.15) is 5.75 Å². The Bertz CT molecular complexity index is 1540. The molecular formula is C36H47ClN2O5S. The lowest BCUT2D eigenvalue weighted by molar-refractivity contribution is -0.0150. The van der Waals surface area contributed by atoms with E-state index in [4.69, 9.17) is 21.1 Å². The highest BCUT2D eigenvalue weighted by Gasteiger charge is 2.44. The molecule has 1 fully saturated rings. The van der Waals surface area contributed by atoms with Gasteiger partial charge in [-0.05, 0) is 111 Å². The molecule has 2 aromatic rings. The monoisotopic (exact) mass is 654 g/mol. The molecule has 244 valence electrons. The number of fused-ring (bicyclic) bond motifs is 4. The lowest BCUT2D eigenvalue weighted by Gasteiger charge is -2.46. The summed E-state index contributed by atoms with van der Waals surface area (Å²) in [6, 6.07) is 11.6. The lowest BCUT2D eigenvalue weighted by Crippen LogP contribution is -2.49. The maximum absolute atomic E-state index is 13.4. The first-order chi connectivity index (χ1) is 21.6. The summed E-state index contributed by atoms with van der Waals surface area (Å²) in [4.78, 5) is 15.9. The van der Waals surface area contributed by atoms with Crippen molar-refractivity contribution in [3.05, 3.63) is 70.3 Å². The molecule has 2 bridgehead atoms. The van der Waals surface area contributed by atoms with E-state index < -0.39 is 21.2 Å². The van der Waals surface area contributed by atoms with Gasteiger partial charge >= 0.3 is 0 Å². The van der Waals surface area contributed by atoms with Gasteiger partial charge in [0.25, 0.3) is 5.91 Å². The highest BCUT2D eigenvalue weighted by molar-refractivity contribution is 7.90.